The quantitative estimate of drug-likeness (QED) is 0.738. The second-order valence-electron chi connectivity index (χ2n) is 3.86. The van der Waals surface area contributed by atoms with Gasteiger partial charge in [-0.25, -0.2) is 19.7 Å². The number of rotatable bonds is 3. The van der Waals surface area contributed by atoms with Crippen molar-refractivity contribution in [1.29, 1.82) is 0 Å². The highest BCUT2D eigenvalue weighted by molar-refractivity contribution is 7.99. The molecule has 0 unspecified atom stereocenters. The molecule has 7 heteroatoms. The summed E-state index contributed by atoms with van der Waals surface area (Å²) in [5.74, 6) is -0.978. The van der Waals surface area contributed by atoms with Crippen LogP contribution in [0.4, 0.5) is 0 Å². The van der Waals surface area contributed by atoms with Gasteiger partial charge in [0.1, 0.15) is 16.4 Å². The molecule has 0 amide bonds. The van der Waals surface area contributed by atoms with E-state index in [9.17, 15) is 4.79 Å². The third kappa shape index (κ3) is 2.43. The highest BCUT2D eigenvalue weighted by Crippen LogP contribution is 2.29. The van der Waals surface area contributed by atoms with Crippen molar-refractivity contribution in [3.05, 3.63) is 48.7 Å². The van der Waals surface area contributed by atoms with E-state index in [1.54, 1.807) is 24.7 Å². The fraction of sp³-hybridized carbons (Fsp3) is 0. The molecule has 0 aliphatic rings. The molecule has 0 spiro atoms. The molecule has 3 aromatic rings. The van der Waals surface area contributed by atoms with Gasteiger partial charge in [0.2, 0.25) is 0 Å². The van der Waals surface area contributed by atoms with Gasteiger partial charge < -0.3 is 5.11 Å². The first-order chi connectivity index (χ1) is 9.74. The van der Waals surface area contributed by atoms with Gasteiger partial charge in [0, 0.05) is 17.8 Å². The molecule has 2 aromatic heterocycles. The average molecular weight is 284 g/mol. The van der Waals surface area contributed by atoms with Crippen LogP contribution in [-0.4, -0.2) is 31.0 Å². The Morgan fingerprint density at radius 2 is 2.05 bits per heavy atom. The minimum atomic E-state index is -0.978. The SMILES string of the molecule is O=C(O)c1ccc2c(Sc3cnccn3)ncnc2c1. The molecule has 0 bridgehead atoms. The number of benzene rings is 1. The maximum Gasteiger partial charge on any atom is 0.335 e. The van der Waals surface area contributed by atoms with Crippen LogP contribution in [0.25, 0.3) is 10.9 Å². The molecule has 0 aliphatic heterocycles. The van der Waals surface area contributed by atoms with Crippen molar-refractivity contribution >= 4 is 28.6 Å². The number of carbonyl (C=O) groups is 1. The Morgan fingerprint density at radius 3 is 2.80 bits per heavy atom. The lowest BCUT2D eigenvalue weighted by Gasteiger charge is -2.04. The summed E-state index contributed by atoms with van der Waals surface area (Å²) >= 11 is 1.36. The van der Waals surface area contributed by atoms with Crippen molar-refractivity contribution < 1.29 is 9.90 Å². The number of carboxylic acids is 1. The lowest BCUT2D eigenvalue weighted by Crippen LogP contribution is -1.97. The van der Waals surface area contributed by atoms with E-state index >= 15 is 0 Å². The van der Waals surface area contributed by atoms with E-state index in [-0.39, 0.29) is 5.56 Å². The Hall–Kier alpha value is -2.54. The van der Waals surface area contributed by atoms with E-state index in [0.29, 0.717) is 10.5 Å². The fourth-order valence-corrected chi connectivity index (χ4v) is 2.49. The third-order valence-corrected chi connectivity index (χ3v) is 3.53. The van der Waals surface area contributed by atoms with E-state index in [4.69, 9.17) is 5.11 Å². The summed E-state index contributed by atoms with van der Waals surface area (Å²) in [6.45, 7) is 0. The molecule has 98 valence electrons. The molecule has 0 aliphatic carbocycles. The smallest absolute Gasteiger partial charge is 0.335 e. The normalized spacial score (nSPS) is 10.6. The Labute approximate surface area is 117 Å². The van der Waals surface area contributed by atoms with Gasteiger partial charge in [0.25, 0.3) is 0 Å². The van der Waals surface area contributed by atoms with Crippen molar-refractivity contribution in [3.63, 3.8) is 0 Å². The molecule has 0 saturated heterocycles. The molecule has 0 saturated carbocycles. The second-order valence-corrected chi connectivity index (χ2v) is 4.87. The Morgan fingerprint density at radius 1 is 1.15 bits per heavy atom. The highest BCUT2D eigenvalue weighted by Gasteiger charge is 2.09. The minimum Gasteiger partial charge on any atom is -0.478 e. The van der Waals surface area contributed by atoms with Crippen LogP contribution in [-0.2, 0) is 0 Å². The van der Waals surface area contributed by atoms with Crippen LogP contribution in [0.5, 0.6) is 0 Å². The summed E-state index contributed by atoms with van der Waals surface area (Å²) in [4.78, 5) is 27.4. The molecule has 20 heavy (non-hydrogen) atoms. The summed E-state index contributed by atoms with van der Waals surface area (Å²) in [5, 5.41) is 11.2. The van der Waals surface area contributed by atoms with E-state index in [1.165, 1.54) is 30.2 Å². The van der Waals surface area contributed by atoms with Crippen LogP contribution in [0.1, 0.15) is 10.4 Å². The summed E-state index contributed by atoms with van der Waals surface area (Å²) < 4.78 is 0. The highest BCUT2D eigenvalue weighted by atomic mass is 32.2. The van der Waals surface area contributed by atoms with Gasteiger partial charge in [0.15, 0.2) is 0 Å². The maximum absolute atomic E-state index is 11.0. The monoisotopic (exact) mass is 284 g/mol. The summed E-state index contributed by atoms with van der Waals surface area (Å²) in [6.07, 6.45) is 6.26. The average Bonchev–Trinajstić information content (AvgIpc) is 2.48. The molecule has 0 fully saturated rings. The van der Waals surface area contributed by atoms with Crippen LogP contribution in [0, 0.1) is 0 Å². The van der Waals surface area contributed by atoms with Crippen molar-refractivity contribution in [2.75, 3.05) is 0 Å². The number of aromatic carboxylic acids is 1. The summed E-state index contributed by atoms with van der Waals surface area (Å²) in [7, 11) is 0. The number of hydrogen-bond acceptors (Lipinski definition) is 6. The zero-order valence-electron chi connectivity index (χ0n) is 10.1. The van der Waals surface area contributed by atoms with Gasteiger partial charge in [-0.05, 0) is 30.0 Å². The van der Waals surface area contributed by atoms with Crippen molar-refractivity contribution in [3.8, 4) is 0 Å². The molecular formula is C13H8N4O2S. The predicted octanol–water partition coefficient (Wildman–Crippen LogP) is 2.27. The minimum absolute atomic E-state index is 0.201. The Kier molecular flexibility index (Phi) is 3.26. The first-order valence-electron chi connectivity index (χ1n) is 5.66. The second kappa shape index (κ2) is 5.22. The van der Waals surface area contributed by atoms with Crippen LogP contribution in [0.3, 0.4) is 0 Å². The van der Waals surface area contributed by atoms with Crippen LogP contribution in [0.2, 0.25) is 0 Å². The number of carboxylic acid groups (broad SMARTS) is 1. The summed E-state index contributed by atoms with van der Waals surface area (Å²) in [6, 6.07) is 4.77. The van der Waals surface area contributed by atoms with Crippen molar-refractivity contribution in [2.24, 2.45) is 0 Å². The van der Waals surface area contributed by atoms with E-state index in [0.717, 1.165) is 10.4 Å². The van der Waals surface area contributed by atoms with E-state index < -0.39 is 5.97 Å². The first-order valence-corrected chi connectivity index (χ1v) is 6.47. The number of fused-ring (bicyclic) bond motifs is 1. The number of hydrogen-bond donors (Lipinski definition) is 1. The van der Waals surface area contributed by atoms with Gasteiger partial charge in [-0.3, -0.25) is 4.98 Å². The van der Waals surface area contributed by atoms with Crippen molar-refractivity contribution in [1.82, 2.24) is 19.9 Å². The van der Waals surface area contributed by atoms with Gasteiger partial charge in [-0.15, -0.1) is 0 Å². The topological polar surface area (TPSA) is 88.9 Å². The molecular weight excluding hydrogens is 276 g/mol. The van der Waals surface area contributed by atoms with Crippen molar-refractivity contribution in [2.45, 2.75) is 10.1 Å². The zero-order chi connectivity index (χ0) is 13.9. The standard InChI is InChI=1S/C13H8N4O2S/c18-13(19)8-1-2-9-10(5-8)16-7-17-12(9)20-11-6-14-3-4-15-11/h1-7H,(H,18,19). The zero-order valence-corrected chi connectivity index (χ0v) is 10.9. The Balaban J connectivity index is 2.06. The molecule has 1 aromatic carbocycles. The number of nitrogens with zero attached hydrogens (tertiary/aromatic N) is 4. The van der Waals surface area contributed by atoms with E-state index in [1.807, 2.05) is 0 Å². The molecule has 0 atom stereocenters. The van der Waals surface area contributed by atoms with Gasteiger partial charge in [-0.2, -0.15) is 0 Å². The van der Waals surface area contributed by atoms with Gasteiger partial charge >= 0.3 is 5.97 Å². The third-order valence-electron chi connectivity index (χ3n) is 2.59. The molecule has 0 radical (unpaired) electrons. The van der Waals surface area contributed by atoms with Crippen LogP contribution in [0.15, 0.2) is 53.2 Å². The molecule has 3 rings (SSSR count). The maximum atomic E-state index is 11.0. The van der Waals surface area contributed by atoms with Crippen LogP contribution >= 0.6 is 11.8 Å². The predicted molar refractivity (Wildman–Crippen MR) is 72.7 cm³/mol. The lowest BCUT2D eigenvalue weighted by molar-refractivity contribution is 0.0697. The Bertz CT molecular complexity index is 780. The largest absolute Gasteiger partial charge is 0.478 e. The van der Waals surface area contributed by atoms with Gasteiger partial charge in [-0.1, -0.05) is 0 Å². The lowest BCUT2D eigenvalue weighted by atomic mass is 10.1. The molecule has 1 N–H and O–H groups in total. The van der Waals surface area contributed by atoms with Gasteiger partial charge in [0.05, 0.1) is 17.3 Å². The van der Waals surface area contributed by atoms with E-state index in [2.05, 4.69) is 19.9 Å². The van der Waals surface area contributed by atoms with Crippen LogP contribution < -0.4 is 0 Å². The number of aromatic nitrogens is 4. The summed E-state index contributed by atoms with van der Waals surface area (Å²) in [5.41, 5.74) is 0.790. The molecule has 6 nitrogen and oxygen atoms in total. The molecule has 2 heterocycles. The fourth-order valence-electron chi connectivity index (χ4n) is 1.68. The first kappa shape index (κ1) is 12.5.